The molecule has 0 unspecified atom stereocenters. The Hall–Kier alpha value is -6.59. The van der Waals surface area contributed by atoms with Crippen molar-refractivity contribution in [3.63, 3.8) is 0 Å². The van der Waals surface area contributed by atoms with Gasteiger partial charge >= 0.3 is 0 Å². The minimum atomic E-state index is -2.55. The molecule has 4 aliphatic carbocycles. The van der Waals surface area contributed by atoms with Crippen molar-refractivity contribution in [1.29, 1.82) is 0 Å². The van der Waals surface area contributed by atoms with Crippen LogP contribution < -0.4 is 5.19 Å². The van der Waals surface area contributed by atoms with Gasteiger partial charge in [0.25, 0.3) is 0 Å². The van der Waals surface area contributed by atoms with Crippen molar-refractivity contribution < 1.29 is 0 Å². The van der Waals surface area contributed by atoms with E-state index in [0.29, 0.717) is 22.2 Å². The smallest absolute Gasteiger partial charge is 0.0677 e. The summed E-state index contributed by atoms with van der Waals surface area (Å²) in [7, 11) is -4.72. The van der Waals surface area contributed by atoms with Gasteiger partial charge in [-0.3, -0.25) is 0 Å². The van der Waals surface area contributed by atoms with Crippen LogP contribution in [0.4, 0.5) is 0 Å². The molecule has 0 radical (unpaired) electrons. The van der Waals surface area contributed by atoms with Crippen LogP contribution in [0.1, 0.15) is 105 Å². The maximum Gasteiger partial charge on any atom is 0.110 e. The van der Waals surface area contributed by atoms with E-state index in [9.17, 15) is 0 Å². The third-order valence-electron chi connectivity index (χ3n) is 17.6. The minimum absolute atomic E-state index is 0.357. The minimum Gasteiger partial charge on any atom is -0.0677 e. The summed E-state index contributed by atoms with van der Waals surface area (Å²) in [5, 5.41) is 1.60. The Morgan fingerprint density at radius 2 is 0.478 bits per heavy atom. The molecule has 0 N–H and O–H groups in total. The van der Waals surface area contributed by atoms with Crippen molar-refractivity contribution >= 4 is 21.3 Å². The van der Waals surface area contributed by atoms with E-state index in [0.717, 1.165) is 0 Å². The van der Waals surface area contributed by atoms with Crippen LogP contribution in [0, 0.1) is 0 Å². The summed E-state index contributed by atoms with van der Waals surface area (Å²) < 4.78 is 0. The lowest BCUT2D eigenvalue weighted by atomic mass is 10.1. The number of rotatable bonds is 14. The average Bonchev–Trinajstić information content (AvgIpc) is 4.15. The van der Waals surface area contributed by atoms with Crippen molar-refractivity contribution in [3.8, 4) is 44.5 Å². The molecule has 0 amide bonds. The molecule has 0 heterocycles. The molecule has 9 aromatic carbocycles. The molecule has 13 rings (SSSR count). The van der Waals surface area contributed by atoms with E-state index in [1.165, 1.54) is 95.1 Å². The van der Waals surface area contributed by atoms with Crippen molar-refractivity contribution in [2.45, 2.75) is 79.3 Å². The first-order chi connectivity index (χ1) is 34.2. The highest BCUT2D eigenvalue weighted by Gasteiger charge is 2.56. The molecule has 9 aromatic rings. The van der Waals surface area contributed by atoms with Gasteiger partial charge in [-0.05, 0) is 89.0 Å². The molecule has 0 spiro atoms. The number of hydrogen-bond donors (Lipinski definition) is 0. The first-order valence-electron chi connectivity index (χ1n) is 26.0. The van der Waals surface area contributed by atoms with Gasteiger partial charge in [0.1, 0.15) is 8.07 Å². The van der Waals surface area contributed by atoms with Gasteiger partial charge in [-0.25, -0.2) is 0 Å². The van der Waals surface area contributed by atoms with Gasteiger partial charge in [0.2, 0.25) is 0 Å². The quantitative estimate of drug-likeness (QED) is 0.0753. The lowest BCUT2D eigenvalue weighted by Gasteiger charge is -2.45. The first-order valence-corrected chi connectivity index (χ1v) is 31.2. The topological polar surface area (TPSA) is 0 Å². The third-order valence-corrected chi connectivity index (χ3v) is 28.8. The monoisotopic (exact) mass is 920 g/mol. The van der Waals surface area contributed by atoms with Crippen molar-refractivity contribution in [1.82, 2.24) is 0 Å². The highest BCUT2D eigenvalue weighted by molar-refractivity contribution is 6.95. The maximum absolute atomic E-state index is 2.80. The molecule has 2 heteroatoms. The Morgan fingerprint density at radius 3 is 0.783 bits per heavy atom. The van der Waals surface area contributed by atoms with Gasteiger partial charge in [0, 0.05) is 22.2 Å². The third kappa shape index (κ3) is 6.66. The highest BCUT2D eigenvalue weighted by Crippen LogP contribution is 2.61. The molecule has 0 saturated heterocycles. The molecule has 0 aromatic heterocycles. The molecule has 0 saturated carbocycles. The lowest BCUT2D eigenvalue weighted by Crippen LogP contribution is -2.58. The Bertz CT molecular complexity index is 2990. The average molecular weight is 921 g/mol. The van der Waals surface area contributed by atoms with Crippen LogP contribution in [0.25, 0.3) is 44.5 Å². The predicted octanol–water partition coefficient (Wildman–Crippen LogP) is 17.2. The van der Waals surface area contributed by atoms with Gasteiger partial charge in [-0.15, -0.1) is 0 Å². The fourth-order valence-corrected chi connectivity index (χ4v) is 27.4. The molecular weight excluding hydrogens is 861 g/mol. The summed E-state index contributed by atoms with van der Waals surface area (Å²) in [5.74, 6) is 0. The highest BCUT2D eigenvalue weighted by atomic mass is 28.3. The summed E-state index contributed by atoms with van der Waals surface area (Å²) in [5.41, 5.74) is 25.7. The van der Waals surface area contributed by atoms with Gasteiger partial charge in [0.15, 0.2) is 0 Å². The Kier molecular flexibility index (Phi) is 10.7. The van der Waals surface area contributed by atoms with Gasteiger partial charge in [-0.1, -0.05) is 287 Å². The van der Waals surface area contributed by atoms with Crippen LogP contribution >= 0.6 is 0 Å². The summed E-state index contributed by atoms with van der Waals surface area (Å²) in [6, 6.07) is 90.0. The number of benzene rings is 9. The Labute approximate surface area is 411 Å². The molecule has 4 aliphatic rings. The number of fused-ring (bicyclic) bond motifs is 12. The van der Waals surface area contributed by atoms with E-state index in [4.69, 9.17) is 0 Å². The van der Waals surface area contributed by atoms with Crippen LogP contribution in [0.15, 0.2) is 224 Å². The number of hydrogen-bond acceptors (Lipinski definition) is 0. The Balaban J connectivity index is 0.814. The van der Waals surface area contributed by atoms with E-state index in [1.54, 1.807) is 49.7 Å². The normalized spacial score (nSPS) is 14.7. The summed E-state index contributed by atoms with van der Waals surface area (Å²) in [4.78, 5) is 0. The molecular formula is C67H60Si2. The molecule has 0 nitrogen and oxygen atoms in total. The second-order valence-corrected chi connectivity index (χ2v) is 29.9. The first kappa shape index (κ1) is 42.5. The standard InChI is InChI=1S/C67H60Si2/c1-68(64-56-37-17-9-29-48(56)49-30-10-18-38-57(49)64,65-58-39-19-11-31-50(58)51-32-12-20-40-59(51)65)45-25-4-2-3-5-26-46-69(47-27-7-6-8-28-47,66-60-41-21-13-33-52(60)53-34-14-22-42-61(53)66)67-62-43-23-15-35-54(62)55-36-16-24-44-63(55)67/h6-24,27-44,64-67H,2-5,25-26,45-46H2,1H3. The zero-order valence-corrected chi connectivity index (χ0v) is 41.8. The molecule has 0 bridgehead atoms. The second kappa shape index (κ2) is 17.4. The van der Waals surface area contributed by atoms with Crippen LogP contribution in [0.5, 0.6) is 0 Å². The van der Waals surface area contributed by atoms with Crippen LogP contribution in [-0.4, -0.2) is 16.1 Å². The van der Waals surface area contributed by atoms with Gasteiger partial charge in [0.05, 0.1) is 8.07 Å². The van der Waals surface area contributed by atoms with Gasteiger partial charge < -0.3 is 0 Å². The number of unbranched alkanes of at least 4 members (excludes halogenated alkanes) is 5. The SMILES string of the molecule is C[Si](CCCCCCCC[Si](c1ccccc1)(C1c2ccccc2-c2ccccc21)C1c2ccccc2-c2ccccc21)(C1c2ccccc2-c2ccccc21)C1c2ccccc2-c2ccccc21. The predicted molar refractivity (Wildman–Crippen MR) is 296 cm³/mol. The van der Waals surface area contributed by atoms with Gasteiger partial charge in [-0.2, -0.15) is 0 Å². The zero-order chi connectivity index (χ0) is 45.9. The van der Waals surface area contributed by atoms with Crippen molar-refractivity contribution in [2.24, 2.45) is 0 Å². The fourth-order valence-electron chi connectivity index (χ4n) is 14.9. The largest absolute Gasteiger partial charge is 0.110 e. The van der Waals surface area contributed by atoms with Crippen LogP contribution in [-0.2, 0) is 0 Å². The molecule has 0 aliphatic heterocycles. The van der Waals surface area contributed by atoms with Crippen molar-refractivity contribution in [2.75, 3.05) is 0 Å². The summed E-state index contributed by atoms with van der Waals surface area (Å²) in [6.07, 6.45) is 7.69. The fraction of sp³-hybridized carbons (Fsp3) is 0.194. The van der Waals surface area contributed by atoms with E-state index in [1.807, 2.05) is 0 Å². The maximum atomic E-state index is 2.80. The Morgan fingerprint density at radius 1 is 0.246 bits per heavy atom. The lowest BCUT2D eigenvalue weighted by molar-refractivity contribution is 0.616. The van der Waals surface area contributed by atoms with E-state index < -0.39 is 16.1 Å². The van der Waals surface area contributed by atoms with E-state index >= 15 is 0 Å². The van der Waals surface area contributed by atoms with E-state index in [-0.39, 0.29) is 0 Å². The molecule has 69 heavy (non-hydrogen) atoms. The van der Waals surface area contributed by atoms with Crippen LogP contribution in [0.2, 0.25) is 18.6 Å². The molecule has 336 valence electrons. The zero-order valence-electron chi connectivity index (χ0n) is 39.8. The molecule has 0 fully saturated rings. The van der Waals surface area contributed by atoms with Crippen LogP contribution in [0.3, 0.4) is 0 Å². The van der Waals surface area contributed by atoms with E-state index in [2.05, 4.69) is 231 Å². The van der Waals surface area contributed by atoms with Crippen molar-refractivity contribution in [3.05, 3.63) is 269 Å². The summed E-state index contributed by atoms with van der Waals surface area (Å²) >= 11 is 0. The summed E-state index contributed by atoms with van der Waals surface area (Å²) in [6.45, 7) is 2.80. The molecule has 0 atom stereocenters. The second-order valence-electron chi connectivity index (χ2n) is 21.0.